The molecule has 0 aliphatic heterocycles. The summed E-state index contributed by atoms with van der Waals surface area (Å²) in [5, 5.41) is 9.00. The SMILES string of the molecule is N#CCc1ccc(C(=C(c2ccccc2)c2ccccc2)c2ccccc2)cc1. The Hall–Kier alpha value is -3.89. The van der Waals surface area contributed by atoms with Crippen LogP contribution in [-0.4, -0.2) is 0 Å². The summed E-state index contributed by atoms with van der Waals surface area (Å²) in [4.78, 5) is 0. The second kappa shape index (κ2) is 8.87. The first kappa shape index (κ1) is 18.5. The normalized spacial score (nSPS) is 10.2. The quantitative estimate of drug-likeness (QED) is 0.356. The van der Waals surface area contributed by atoms with E-state index in [-0.39, 0.29) is 0 Å². The van der Waals surface area contributed by atoms with Crippen LogP contribution >= 0.6 is 0 Å². The standard InChI is InChI=1S/C28H21N/c29-21-20-22-16-18-26(19-17-22)28(25-14-8-3-9-15-25)27(23-10-4-1-5-11-23)24-12-6-2-7-13-24/h1-19H,20H2. The number of nitriles is 1. The van der Waals surface area contributed by atoms with Crippen molar-refractivity contribution in [3.05, 3.63) is 143 Å². The Balaban J connectivity index is 2.02. The van der Waals surface area contributed by atoms with Gasteiger partial charge < -0.3 is 0 Å². The van der Waals surface area contributed by atoms with E-state index in [4.69, 9.17) is 5.26 Å². The molecule has 1 heteroatoms. The van der Waals surface area contributed by atoms with E-state index in [2.05, 4.69) is 103 Å². The molecular formula is C28H21N. The molecule has 0 bridgehead atoms. The number of hydrogen-bond acceptors (Lipinski definition) is 1. The zero-order valence-electron chi connectivity index (χ0n) is 16.1. The summed E-state index contributed by atoms with van der Waals surface area (Å²) in [6.07, 6.45) is 0.425. The summed E-state index contributed by atoms with van der Waals surface area (Å²) in [6.45, 7) is 0. The Bertz CT molecular complexity index is 1090. The zero-order valence-corrected chi connectivity index (χ0v) is 16.1. The highest BCUT2D eigenvalue weighted by Gasteiger charge is 2.15. The fourth-order valence-corrected chi connectivity index (χ4v) is 3.61. The molecule has 4 aromatic rings. The van der Waals surface area contributed by atoms with E-state index >= 15 is 0 Å². The van der Waals surface area contributed by atoms with Crippen LogP contribution < -0.4 is 0 Å². The summed E-state index contributed by atoms with van der Waals surface area (Å²) >= 11 is 0. The van der Waals surface area contributed by atoms with Gasteiger partial charge >= 0.3 is 0 Å². The largest absolute Gasteiger partial charge is 0.198 e. The highest BCUT2D eigenvalue weighted by atomic mass is 14.2. The first-order chi connectivity index (χ1) is 14.4. The van der Waals surface area contributed by atoms with Gasteiger partial charge in [-0.05, 0) is 39.0 Å². The van der Waals surface area contributed by atoms with Gasteiger partial charge in [-0.25, -0.2) is 0 Å². The molecule has 1 nitrogen and oxygen atoms in total. The van der Waals surface area contributed by atoms with Crippen molar-refractivity contribution in [3.8, 4) is 6.07 Å². The van der Waals surface area contributed by atoms with Crippen LogP contribution in [0.2, 0.25) is 0 Å². The molecule has 0 saturated carbocycles. The molecule has 0 spiro atoms. The molecule has 0 aliphatic carbocycles. The van der Waals surface area contributed by atoms with Gasteiger partial charge in [-0.1, -0.05) is 115 Å². The Morgan fingerprint density at radius 1 is 0.483 bits per heavy atom. The highest BCUT2D eigenvalue weighted by Crippen LogP contribution is 2.36. The van der Waals surface area contributed by atoms with Gasteiger partial charge in [0.25, 0.3) is 0 Å². The smallest absolute Gasteiger partial charge is 0.0669 e. The van der Waals surface area contributed by atoms with Gasteiger partial charge in [0.05, 0.1) is 12.5 Å². The Labute approximate surface area is 172 Å². The van der Waals surface area contributed by atoms with Gasteiger partial charge in [-0.2, -0.15) is 5.26 Å². The van der Waals surface area contributed by atoms with Crippen LogP contribution in [0.3, 0.4) is 0 Å². The molecule has 0 heterocycles. The molecule has 4 rings (SSSR count). The minimum Gasteiger partial charge on any atom is -0.198 e. The van der Waals surface area contributed by atoms with E-state index in [0.29, 0.717) is 6.42 Å². The Morgan fingerprint density at radius 3 is 1.17 bits per heavy atom. The molecule has 4 aromatic carbocycles. The molecule has 0 atom stereocenters. The van der Waals surface area contributed by atoms with Gasteiger partial charge in [-0.15, -0.1) is 0 Å². The minimum absolute atomic E-state index is 0.425. The number of rotatable bonds is 5. The zero-order chi connectivity index (χ0) is 19.9. The van der Waals surface area contributed by atoms with E-state index < -0.39 is 0 Å². The van der Waals surface area contributed by atoms with Gasteiger partial charge in [-0.3, -0.25) is 0 Å². The summed E-state index contributed by atoms with van der Waals surface area (Å²) in [7, 11) is 0. The maximum Gasteiger partial charge on any atom is 0.0669 e. The van der Waals surface area contributed by atoms with Crippen LogP contribution in [0.25, 0.3) is 11.1 Å². The van der Waals surface area contributed by atoms with E-state index in [1.807, 2.05) is 18.2 Å². The van der Waals surface area contributed by atoms with Crippen LogP contribution in [-0.2, 0) is 6.42 Å². The lowest BCUT2D eigenvalue weighted by atomic mass is 9.85. The number of benzene rings is 4. The van der Waals surface area contributed by atoms with Crippen molar-refractivity contribution in [2.75, 3.05) is 0 Å². The van der Waals surface area contributed by atoms with E-state index in [0.717, 1.165) is 11.1 Å². The third kappa shape index (κ3) is 4.18. The molecule has 0 aliphatic rings. The van der Waals surface area contributed by atoms with Crippen molar-refractivity contribution in [1.29, 1.82) is 5.26 Å². The molecule has 0 saturated heterocycles. The van der Waals surface area contributed by atoms with Crippen molar-refractivity contribution in [1.82, 2.24) is 0 Å². The number of hydrogen-bond donors (Lipinski definition) is 0. The first-order valence-corrected chi connectivity index (χ1v) is 9.73. The molecule has 0 aromatic heterocycles. The van der Waals surface area contributed by atoms with Gasteiger partial charge in [0.15, 0.2) is 0 Å². The lowest BCUT2D eigenvalue weighted by Crippen LogP contribution is -1.97. The molecule has 0 radical (unpaired) electrons. The van der Waals surface area contributed by atoms with E-state index in [9.17, 15) is 0 Å². The molecule has 29 heavy (non-hydrogen) atoms. The van der Waals surface area contributed by atoms with Gasteiger partial charge in [0, 0.05) is 0 Å². The fraction of sp³-hybridized carbons (Fsp3) is 0.0357. The Morgan fingerprint density at radius 2 is 0.828 bits per heavy atom. The minimum atomic E-state index is 0.425. The average molecular weight is 371 g/mol. The van der Waals surface area contributed by atoms with Gasteiger partial charge in [0.2, 0.25) is 0 Å². The maximum absolute atomic E-state index is 9.00. The fourth-order valence-electron chi connectivity index (χ4n) is 3.61. The molecule has 0 unspecified atom stereocenters. The van der Waals surface area contributed by atoms with Crippen LogP contribution in [0.5, 0.6) is 0 Å². The van der Waals surface area contributed by atoms with E-state index in [1.54, 1.807) is 0 Å². The van der Waals surface area contributed by atoms with Crippen LogP contribution in [0.1, 0.15) is 27.8 Å². The van der Waals surface area contributed by atoms with Crippen LogP contribution in [0.15, 0.2) is 115 Å². The second-order valence-electron chi connectivity index (χ2n) is 6.88. The van der Waals surface area contributed by atoms with Gasteiger partial charge in [0.1, 0.15) is 0 Å². The summed E-state index contributed by atoms with van der Waals surface area (Å²) in [5.41, 5.74) is 8.09. The molecular weight excluding hydrogens is 350 g/mol. The monoisotopic (exact) mass is 371 g/mol. The van der Waals surface area contributed by atoms with Crippen molar-refractivity contribution in [2.24, 2.45) is 0 Å². The lowest BCUT2D eigenvalue weighted by molar-refractivity contribution is 1.26. The topological polar surface area (TPSA) is 23.8 Å². The summed E-state index contributed by atoms with van der Waals surface area (Å²) in [5.74, 6) is 0. The number of nitrogens with zero attached hydrogens (tertiary/aromatic N) is 1. The third-order valence-electron chi connectivity index (χ3n) is 4.96. The van der Waals surface area contributed by atoms with Crippen molar-refractivity contribution in [3.63, 3.8) is 0 Å². The van der Waals surface area contributed by atoms with Crippen molar-refractivity contribution in [2.45, 2.75) is 6.42 Å². The highest BCUT2D eigenvalue weighted by molar-refractivity contribution is 6.04. The predicted octanol–water partition coefficient (Wildman–Crippen LogP) is 6.76. The lowest BCUT2D eigenvalue weighted by Gasteiger charge is -2.18. The van der Waals surface area contributed by atoms with E-state index in [1.165, 1.54) is 27.8 Å². The predicted molar refractivity (Wildman–Crippen MR) is 120 cm³/mol. The molecule has 0 fully saturated rings. The van der Waals surface area contributed by atoms with Crippen molar-refractivity contribution < 1.29 is 0 Å². The molecule has 0 N–H and O–H groups in total. The van der Waals surface area contributed by atoms with Crippen molar-refractivity contribution >= 4 is 11.1 Å². The summed E-state index contributed by atoms with van der Waals surface area (Å²) in [6, 6.07) is 42.2. The van der Waals surface area contributed by atoms with Crippen LogP contribution in [0.4, 0.5) is 0 Å². The van der Waals surface area contributed by atoms with Crippen LogP contribution in [0, 0.1) is 11.3 Å². The second-order valence-corrected chi connectivity index (χ2v) is 6.88. The molecule has 0 amide bonds. The maximum atomic E-state index is 9.00. The summed E-state index contributed by atoms with van der Waals surface area (Å²) < 4.78 is 0. The molecule has 138 valence electrons. The third-order valence-corrected chi connectivity index (χ3v) is 4.96. The average Bonchev–Trinajstić information content (AvgIpc) is 2.80. The Kier molecular flexibility index (Phi) is 5.65. The first-order valence-electron chi connectivity index (χ1n) is 9.73.